The van der Waals surface area contributed by atoms with Crippen LogP contribution in [0.4, 0.5) is 0 Å². The van der Waals surface area contributed by atoms with E-state index in [1.165, 1.54) is 44.2 Å². The van der Waals surface area contributed by atoms with Crippen LogP contribution in [0.5, 0.6) is 0 Å². The second-order valence-corrected chi connectivity index (χ2v) is 7.38. The van der Waals surface area contributed by atoms with Crippen molar-refractivity contribution in [3.8, 4) is 0 Å². The fraction of sp³-hybridized carbons (Fsp3) is 0.765. The van der Waals surface area contributed by atoms with Crippen LogP contribution in [0, 0.1) is 11.3 Å². The highest BCUT2D eigenvalue weighted by atomic mass is 16.1. The van der Waals surface area contributed by atoms with E-state index in [4.69, 9.17) is 0 Å². The molecule has 0 radical (unpaired) electrons. The molecule has 0 saturated heterocycles. The lowest BCUT2D eigenvalue weighted by atomic mass is 9.82. The second kappa shape index (κ2) is 5.82. The van der Waals surface area contributed by atoms with E-state index in [1.54, 1.807) is 0 Å². The van der Waals surface area contributed by atoms with E-state index in [0.717, 1.165) is 24.9 Å². The van der Waals surface area contributed by atoms with Gasteiger partial charge in [0.25, 0.3) is 5.91 Å². The summed E-state index contributed by atoms with van der Waals surface area (Å²) in [6, 6.07) is 0. The number of hydrogen-bond acceptors (Lipinski definition) is 2. The average molecular weight is 289 g/mol. The summed E-state index contributed by atoms with van der Waals surface area (Å²) in [4.78, 5) is 12.5. The Morgan fingerprint density at radius 3 is 2.86 bits per heavy atom. The fourth-order valence-corrected chi connectivity index (χ4v) is 3.92. The van der Waals surface area contributed by atoms with Gasteiger partial charge in [0.2, 0.25) is 0 Å². The van der Waals surface area contributed by atoms with Gasteiger partial charge >= 0.3 is 0 Å². The summed E-state index contributed by atoms with van der Waals surface area (Å²) in [5.74, 6) is 0.607. The molecule has 2 aliphatic rings. The van der Waals surface area contributed by atoms with Crippen LogP contribution in [0.2, 0.25) is 0 Å². The molecule has 1 saturated carbocycles. The Labute approximate surface area is 127 Å². The number of aromatic amines is 1. The van der Waals surface area contributed by atoms with Crippen molar-refractivity contribution in [3.63, 3.8) is 0 Å². The molecule has 3 rings (SSSR count). The molecule has 4 heteroatoms. The van der Waals surface area contributed by atoms with Gasteiger partial charge < -0.3 is 5.32 Å². The maximum atomic E-state index is 12.5. The summed E-state index contributed by atoms with van der Waals surface area (Å²) in [5, 5.41) is 10.5. The minimum Gasteiger partial charge on any atom is -0.350 e. The number of carbonyl (C=O) groups is 1. The van der Waals surface area contributed by atoms with Gasteiger partial charge in [0.05, 0.1) is 0 Å². The van der Waals surface area contributed by atoms with Crippen LogP contribution in [0.15, 0.2) is 0 Å². The Hall–Kier alpha value is -1.32. The minimum atomic E-state index is 0.0112. The third kappa shape index (κ3) is 2.99. The first-order chi connectivity index (χ1) is 10.1. The Balaban J connectivity index is 1.65. The van der Waals surface area contributed by atoms with Crippen molar-refractivity contribution in [3.05, 3.63) is 17.0 Å². The number of aromatic nitrogens is 2. The molecule has 4 nitrogen and oxygen atoms in total. The van der Waals surface area contributed by atoms with Crippen LogP contribution in [0.1, 0.15) is 74.1 Å². The molecule has 0 spiro atoms. The van der Waals surface area contributed by atoms with Crippen molar-refractivity contribution in [2.45, 2.75) is 65.2 Å². The van der Waals surface area contributed by atoms with Gasteiger partial charge in [0, 0.05) is 17.8 Å². The normalized spacial score (nSPS) is 24.4. The predicted molar refractivity (Wildman–Crippen MR) is 83.3 cm³/mol. The number of carbonyl (C=O) groups excluding carboxylic acids is 1. The zero-order chi connectivity index (χ0) is 14.9. The molecule has 2 aliphatic carbocycles. The highest BCUT2D eigenvalue weighted by Gasteiger charge is 2.34. The zero-order valence-electron chi connectivity index (χ0n) is 13.3. The average Bonchev–Trinajstić information content (AvgIpc) is 2.91. The van der Waals surface area contributed by atoms with E-state index in [9.17, 15) is 4.79 Å². The SMILES string of the molecule is CC1(C)CCCC1CNC(=O)c1n[nH]c2c1CCCCC2. The molecule has 0 aliphatic heterocycles. The number of H-pyrrole nitrogens is 1. The highest BCUT2D eigenvalue weighted by Crippen LogP contribution is 2.42. The Morgan fingerprint density at radius 2 is 2.10 bits per heavy atom. The molecule has 116 valence electrons. The van der Waals surface area contributed by atoms with Crippen molar-refractivity contribution in [1.29, 1.82) is 0 Å². The van der Waals surface area contributed by atoms with Crippen LogP contribution in [0.3, 0.4) is 0 Å². The maximum absolute atomic E-state index is 12.5. The molecule has 1 fully saturated rings. The number of nitrogens with one attached hydrogen (secondary N) is 2. The largest absolute Gasteiger partial charge is 0.350 e. The topological polar surface area (TPSA) is 57.8 Å². The Bertz CT molecular complexity index is 518. The van der Waals surface area contributed by atoms with Gasteiger partial charge in [-0.25, -0.2) is 0 Å². The number of fused-ring (bicyclic) bond motifs is 1. The highest BCUT2D eigenvalue weighted by molar-refractivity contribution is 5.94. The molecular formula is C17H27N3O. The summed E-state index contributed by atoms with van der Waals surface area (Å²) in [5.41, 5.74) is 3.34. The monoisotopic (exact) mass is 289 g/mol. The molecular weight excluding hydrogens is 262 g/mol. The predicted octanol–water partition coefficient (Wildman–Crippen LogP) is 3.23. The molecule has 0 bridgehead atoms. The molecule has 0 aromatic carbocycles. The van der Waals surface area contributed by atoms with Gasteiger partial charge in [-0.1, -0.05) is 26.7 Å². The summed E-state index contributed by atoms with van der Waals surface area (Å²) in [6.45, 7) is 5.42. The lowest BCUT2D eigenvalue weighted by Gasteiger charge is -2.27. The van der Waals surface area contributed by atoms with Crippen molar-refractivity contribution in [1.82, 2.24) is 15.5 Å². The lowest BCUT2D eigenvalue weighted by molar-refractivity contribution is 0.0931. The van der Waals surface area contributed by atoms with Crippen LogP contribution in [0.25, 0.3) is 0 Å². The number of nitrogens with zero attached hydrogens (tertiary/aromatic N) is 1. The third-order valence-corrected chi connectivity index (χ3v) is 5.51. The summed E-state index contributed by atoms with van der Waals surface area (Å²) in [6.07, 6.45) is 9.42. The molecule has 21 heavy (non-hydrogen) atoms. The maximum Gasteiger partial charge on any atom is 0.272 e. The Morgan fingerprint density at radius 1 is 1.29 bits per heavy atom. The standard InChI is InChI=1S/C17H27N3O/c1-17(2)10-6-7-12(17)11-18-16(21)15-13-8-4-3-5-9-14(13)19-20-15/h12H,3-11H2,1-2H3,(H,18,21)(H,19,20). The molecule has 1 aromatic heterocycles. The van der Waals surface area contributed by atoms with E-state index in [0.29, 0.717) is 17.0 Å². The fourth-order valence-electron chi connectivity index (χ4n) is 3.92. The Kier molecular flexibility index (Phi) is 4.05. The van der Waals surface area contributed by atoms with Gasteiger partial charge in [0.15, 0.2) is 5.69 Å². The van der Waals surface area contributed by atoms with Crippen LogP contribution in [-0.4, -0.2) is 22.6 Å². The molecule has 2 N–H and O–H groups in total. The van der Waals surface area contributed by atoms with Crippen molar-refractivity contribution >= 4 is 5.91 Å². The van der Waals surface area contributed by atoms with E-state index < -0.39 is 0 Å². The van der Waals surface area contributed by atoms with Crippen molar-refractivity contribution in [2.24, 2.45) is 11.3 Å². The zero-order valence-corrected chi connectivity index (χ0v) is 13.3. The van der Waals surface area contributed by atoms with E-state index in [1.807, 2.05) is 0 Å². The molecule has 1 amide bonds. The van der Waals surface area contributed by atoms with Gasteiger partial charge in [-0.05, 0) is 49.9 Å². The van der Waals surface area contributed by atoms with Gasteiger partial charge in [-0.2, -0.15) is 5.10 Å². The van der Waals surface area contributed by atoms with Gasteiger partial charge in [-0.15, -0.1) is 0 Å². The number of hydrogen-bond donors (Lipinski definition) is 2. The lowest BCUT2D eigenvalue weighted by Crippen LogP contribution is -2.34. The van der Waals surface area contributed by atoms with Gasteiger partial charge in [-0.3, -0.25) is 9.89 Å². The van der Waals surface area contributed by atoms with E-state index in [2.05, 4.69) is 29.4 Å². The first kappa shape index (κ1) is 14.6. The summed E-state index contributed by atoms with van der Waals surface area (Å²) >= 11 is 0. The van der Waals surface area contributed by atoms with Gasteiger partial charge in [0.1, 0.15) is 0 Å². The molecule has 1 unspecified atom stereocenters. The summed E-state index contributed by atoms with van der Waals surface area (Å²) < 4.78 is 0. The molecule has 1 heterocycles. The number of aryl methyl sites for hydroxylation is 1. The second-order valence-electron chi connectivity index (χ2n) is 7.38. The van der Waals surface area contributed by atoms with Crippen molar-refractivity contribution < 1.29 is 4.79 Å². The first-order valence-corrected chi connectivity index (χ1v) is 8.42. The summed E-state index contributed by atoms with van der Waals surface area (Å²) in [7, 11) is 0. The first-order valence-electron chi connectivity index (χ1n) is 8.42. The molecule has 1 aromatic rings. The van der Waals surface area contributed by atoms with Crippen LogP contribution in [-0.2, 0) is 12.8 Å². The van der Waals surface area contributed by atoms with Crippen LogP contribution < -0.4 is 5.32 Å². The molecule has 1 atom stereocenters. The third-order valence-electron chi connectivity index (χ3n) is 5.51. The smallest absolute Gasteiger partial charge is 0.272 e. The van der Waals surface area contributed by atoms with Crippen molar-refractivity contribution in [2.75, 3.05) is 6.54 Å². The van der Waals surface area contributed by atoms with E-state index in [-0.39, 0.29) is 5.91 Å². The minimum absolute atomic E-state index is 0.0112. The van der Waals surface area contributed by atoms with Crippen LogP contribution >= 0.6 is 0 Å². The number of rotatable bonds is 3. The number of amides is 1. The van der Waals surface area contributed by atoms with E-state index >= 15 is 0 Å². The quantitative estimate of drug-likeness (QED) is 0.839.